The summed E-state index contributed by atoms with van der Waals surface area (Å²) in [6, 6.07) is 10.7. The standard InChI is InChI=1S/C19H19FN4O2/c20-14-1-6-18-21-16(13-24(18)12-14)11-19(25)22-15-2-4-17(5-3-15)23-7-9-26-10-8-23/h1-6,12-13H,7-11H2,(H,22,25). The van der Waals surface area contributed by atoms with Gasteiger partial charge < -0.3 is 19.4 Å². The average Bonchev–Trinajstić information content (AvgIpc) is 3.04. The molecule has 1 aliphatic heterocycles. The van der Waals surface area contributed by atoms with Gasteiger partial charge in [-0.1, -0.05) is 0 Å². The Balaban J connectivity index is 1.39. The van der Waals surface area contributed by atoms with Crippen LogP contribution >= 0.6 is 0 Å². The fourth-order valence-electron chi connectivity index (χ4n) is 3.05. The van der Waals surface area contributed by atoms with E-state index in [0.717, 1.165) is 37.7 Å². The van der Waals surface area contributed by atoms with Gasteiger partial charge in [-0.25, -0.2) is 9.37 Å². The maximum atomic E-state index is 13.2. The van der Waals surface area contributed by atoms with Gasteiger partial charge in [0.25, 0.3) is 0 Å². The van der Waals surface area contributed by atoms with Gasteiger partial charge in [-0.05, 0) is 36.4 Å². The molecular weight excluding hydrogens is 335 g/mol. The Labute approximate surface area is 150 Å². The Morgan fingerprint density at radius 2 is 1.88 bits per heavy atom. The smallest absolute Gasteiger partial charge is 0.230 e. The summed E-state index contributed by atoms with van der Waals surface area (Å²) < 4.78 is 20.2. The number of nitrogens with one attached hydrogen (secondary N) is 1. The summed E-state index contributed by atoms with van der Waals surface area (Å²) in [5.74, 6) is -0.501. The summed E-state index contributed by atoms with van der Waals surface area (Å²) in [7, 11) is 0. The lowest BCUT2D eigenvalue weighted by Gasteiger charge is -2.28. The number of ether oxygens (including phenoxy) is 1. The summed E-state index contributed by atoms with van der Waals surface area (Å²) in [6.45, 7) is 3.23. The molecule has 1 aliphatic rings. The number of halogens is 1. The molecule has 0 atom stereocenters. The van der Waals surface area contributed by atoms with E-state index in [4.69, 9.17) is 4.74 Å². The zero-order chi connectivity index (χ0) is 17.9. The maximum absolute atomic E-state index is 13.2. The van der Waals surface area contributed by atoms with Crippen LogP contribution in [0.5, 0.6) is 0 Å². The molecule has 26 heavy (non-hydrogen) atoms. The van der Waals surface area contributed by atoms with Gasteiger partial charge in [0.15, 0.2) is 0 Å². The first-order chi connectivity index (χ1) is 12.7. The second-order valence-corrected chi connectivity index (χ2v) is 6.22. The van der Waals surface area contributed by atoms with Crippen molar-refractivity contribution in [3.05, 3.63) is 60.3 Å². The highest BCUT2D eigenvalue weighted by Crippen LogP contribution is 2.19. The highest BCUT2D eigenvalue weighted by molar-refractivity contribution is 5.92. The van der Waals surface area contributed by atoms with Gasteiger partial charge in [-0.15, -0.1) is 0 Å². The normalized spacial score (nSPS) is 14.6. The van der Waals surface area contributed by atoms with Crippen molar-refractivity contribution in [2.45, 2.75) is 6.42 Å². The molecular formula is C19H19FN4O2. The zero-order valence-electron chi connectivity index (χ0n) is 14.2. The SMILES string of the molecule is O=C(Cc1cn2cc(F)ccc2n1)Nc1ccc(N2CCOCC2)cc1. The molecule has 1 amide bonds. The van der Waals surface area contributed by atoms with Crippen LogP contribution in [0.25, 0.3) is 5.65 Å². The number of anilines is 2. The van der Waals surface area contributed by atoms with Gasteiger partial charge >= 0.3 is 0 Å². The molecule has 0 bridgehead atoms. The third kappa shape index (κ3) is 3.67. The first-order valence-electron chi connectivity index (χ1n) is 8.53. The number of pyridine rings is 1. The topological polar surface area (TPSA) is 58.9 Å². The van der Waals surface area contributed by atoms with E-state index >= 15 is 0 Å². The number of nitrogens with zero attached hydrogens (tertiary/aromatic N) is 3. The van der Waals surface area contributed by atoms with Crippen molar-refractivity contribution in [1.82, 2.24) is 9.38 Å². The zero-order valence-corrected chi connectivity index (χ0v) is 14.2. The Morgan fingerprint density at radius 3 is 2.65 bits per heavy atom. The number of carbonyl (C=O) groups excluding carboxylic acids is 1. The fourth-order valence-corrected chi connectivity index (χ4v) is 3.05. The Morgan fingerprint density at radius 1 is 1.12 bits per heavy atom. The molecule has 1 aromatic carbocycles. The van der Waals surface area contributed by atoms with Crippen LogP contribution in [0.1, 0.15) is 5.69 Å². The third-order valence-corrected chi connectivity index (χ3v) is 4.33. The highest BCUT2D eigenvalue weighted by Gasteiger charge is 2.12. The second kappa shape index (κ2) is 7.13. The predicted octanol–water partition coefficient (Wildman–Crippen LogP) is 2.49. The molecule has 1 fully saturated rings. The number of rotatable bonds is 4. The van der Waals surface area contributed by atoms with E-state index in [1.54, 1.807) is 16.7 Å². The monoisotopic (exact) mass is 354 g/mol. The van der Waals surface area contributed by atoms with Crippen LogP contribution in [-0.4, -0.2) is 41.6 Å². The lowest BCUT2D eigenvalue weighted by atomic mass is 10.2. The van der Waals surface area contributed by atoms with Crippen LogP contribution in [0.3, 0.4) is 0 Å². The summed E-state index contributed by atoms with van der Waals surface area (Å²) >= 11 is 0. The number of imidazole rings is 1. The number of benzene rings is 1. The molecule has 1 N–H and O–H groups in total. The van der Waals surface area contributed by atoms with Crippen LogP contribution in [0, 0.1) is 5.82 Å². The molecule has 0 radical (unpaired) electrons. The number of amides is 1. The number of fused-ring (bicyclic) bond motifs is 1. The summed E-state index contributed by atoms with van der Waals surface area (Å²) in [6.07, 6.45) is 3.14. The largest absolute Gasteiger partial charge is 0.378 e. The number of carbonyl (C=O) groups is 1. The first kappa shape index (κ1) is 16.5. The summed E-state index contributed by atoms with van der Waals surface area (Å²) in [5, 5.41) is 2.87. The van der Waals surface area contributed by atoms with Crippen LogP contribution in [0.2, 0.25) is 0 Å². The molecule has 2 aromatic heterocycles. The minimum absolute atomic E-state index is 0.133. The molecule has 1 saturated heterocycles. The van der Waals surface area contributed by atoms with Gasteiger partial charge in [-0.3, -0.25) is 4.79 Å². The van der Waals surface area contributed by atoms with Crippen molar-refractivity contribution < 1.29 is 13.9 Å². The lowest BCUT2D eigenvalue weighted by Crippen LogP contribution is -2.36. The van der Waals surface area contributed by atoms with Crippen molar-refractivity contribution in [3.63, 3.8) is 0 Å². The van der Waals surface area contributed by atoms with Gasteiger partial charge in [0.1, 0.15) is 11.5 Å². The molecule has 0 aliphatic carbocycles. The number of hydrogen-bond acceptors (Lipinski definition) is 4. The Hall–Kier alpha value is -2.93. The fraction of sp³-hybridized carbons (Fsp3) is 0.263. The Bertz CT molecular complexity index is 917. The van der Waals surface area contributed by atoms with Crippen LogP contribution < -0.4 is 10.2 Å². The molecule has 3 heterocycles. The number of morpholine rings is 1. The molecule has 134 valence electrons. The third-order valence-electron chi connectivity index (χ3n) is 4.33. The van der Waals surface area contributed by atoms with Crippen molar-refractivity contribution >= 4 is 22.9 Å². The second-order valence-electron chi connectivity index (χ2n) is 6.22. The molecule has 0 saturated carbocycles. The van der Waals surface area contributed by atoms with E-state index in [-0.39, 0.29) is 18.1 Å². The molecule has 4 rings (SSSR count). The highest BCUT2D eigenvalue weighted by atomic mass is 19.1. The predicted molar refractivity (Wildman–Crippen MR) is 97.0 cm³/mol. The number of hydrogen-bond donors (Lipinski definition) is 1. The van der Waals surface area contributed by atoms with Gasteiger partial charge in [0, 0.05) is 36.9 Å². The Kier molecular flexibility index (Phi) is 4.53. The van der Waals surface area contributed by atoms with Crippen molar-refractivity contribution in [2.75, 3.05) is 36.5 Å². The molecule has 7 heteroatoms. The first-order valence-corrected chi connectivity index (χ1v) is 8.53. The maximum Gasteiger partial charge on any atom is 0.230 e. The van der Waals surface area contributed by atoms with E-state index in [1.807, 2.05) is 24.3 Å². The van der Waals surface area contributed by atoms with E-state index in [0.29, 0.717) is 11.3 Å². The van der Waals surface area contributed by atoms with E-state index in [2.05, 4.69) is 15.2 Å². The van der Waals surface area contributed by atoms with Crippen molar-refractivity contribution in [1.29, 1.82) is 0 Å². The van der Waals surface area contributed by atoms with E-state index in [1.165, 1.54) is 12.3 Å². The lowest BCUT2D eigenvalue weighted by molar-refractivity contribution is -0.115. The van der Waals surface area contributed by atoms with Crippen LogP contribution in [0.4, 0.5) is 15.8 Å². The molecule has 3 aromatic rings. The minimum Gasteiger partial charge on any atom is -0.378 e. The average molecular weight is 354 g/mol. The molecule has 0 unspecified atom stereocenters. The number of aromatic nitrogens is 2. The van der Waals surface area contributed by atoms with Crippen LogP contribution in [-0.2, 0) is 16.0 Å². The van der Waals surface area contributed by atoms with Gasteiger partial charge in [-0.2, -0.15) is 0 Å². The van der Waals surface area contributed by atoms with Crippen molar-refractivity contribution in [2.24, 2.45) is 0 Å². The molecule has 6 nitrogen and oxygen atoms in total. The van der Waals surface area contributed by atoms with E-state index < -0.39 is 0 Å². The van der Waals surface area contributed by atoms with Gasteiger partial charge in [0.2, 0.25) is 5.91 Å². The van der Waals surface area contributed by atoms with Gasteiger partial charge in [0.05, 0.1) is 25.3 Å². The summed E-state index contributed by atoms with van der Waals surface area (Å²) in [5.41, 5.74) is 3.07. The van der Waals surface area contributed by atoms with Crippen molar-refractivity contribution in [3.8, 4) is 0 Å². The van der Waals surface area contributed by atoms with E-state index in [9.17, 15) is 9.18 Å². The summed E-state index contributed by atoms with van der Waals surface area (Å²) in [4.78, 5) is 18.8. The quantitative estimate of drug-likeness (QED) is 0.782. The van der Waals surface area contributed by atoms with Crippen LogP contribution in [0.15, 0.2) is 48.8 Å². The minimum atomic E-state index is -0.341. The molecule has 0 spiro atoms.